The first-order valence-electron chi connectivity index (χ1n) is 10.0. The molecule has 1 atom stereocenters. The van der Waals surface area contributed by atoms with Gasteiger partial charge in [-0.2, -0.15) is 0 Å². The molecule has 1 aromatic heterocycles. The Morgan fingerprint density at radius 3 is 2.73 bits per heavy atom. The van der Waals surface area contributed by atoms with Gasteiger partial charge in [-0.25, -0.2) is 4.79 Å². The molecule has 0 fully saturated rings. The zero-order chi connectivity index (χ0) is 18.7. The zero-order valence-electron chi connectivity index (χ0n) is 16.3. The predicted octanol–water partition coefficient (Wildman–Crippen LogP) is 5.03. The Bertz CT molecular complexity index is 824. The fourth-order valence-electron chi connectivity index (χ4n) is 4.03. The molecule has 1 aromatic carbocycles. The summed E-state index contributed by atoms with van der Waals surface area (Å²) in [5.74, 6) is 0.752. The quantitative estimate of drug-likeness (QED) is 0.558. The summed E-state index contributed by atoms with van der Waals surface area (Å²) in [7, 11) is 2.03. The minimum absolute atomic E-state index is 0.226. The second-order valence-corrected chi connectivity index (χ2v) is 7.87. The Kier molecular flexibility index (Phi) is 5.90. The predicted molar refractivity (Wildman–Crippen MR) is 107 cm³/mol. The molecule has 3 rings (SSSR count). The fraction of sp³-hybridized carbons (Fsp3) is 0.591. The average Bonchev–Trinajstić information content (AvgIpc) is 2.60. The Hall–Kier alpha value is -1.97. The molecule has 0 saturated heterocycles. The molecule has 0 spiro atoms. The number of phenolic OH excluding ortho intramolecular Hbond substituents is 1. The molecule has 1 heterocycles. The van der Waals surface area contributed by atoms with Gasteiger partial charge in [0, 0.05) is 37.0 Å². The van der Waals surface area contributed by atoms with Crippen LogP contribution in [0.25, 0.3) is 11.0 Å². The summed E-state index contributed by atoms with van der Waals surface area (Å²) in [6.07, 6.45) is 8.73. The lowest BCUT2D eigenvalue weighted by atomic mass is 9.84. The number of nitrogens with zero attached hydrogens (tertiary/aromatic N) is 1. The summed E-state index contributed by atoms with van der Waals surface area (Å²) in [5, 5.41) is 11.4. The van der Waals surface area contributed by atoms with Crippen LogP contribution in [0.3, 0.4) is 0 Å². The molecule has 1 aliphatic rings. The van der Waals surface area contributed by atoms with Gasteiger partial charge in [-0.15, -0.1) is 0 Å². The van der Waals surface area contributed by atoms with Crippen molar-refractivity contribution in [2.75, 3.05) is 18.5 Å². The molecule has 4 heteroatoms. The number of fused-ring (bicyclic) bond motifs is 3. The molecule has 1 N–H and O–H groups in total. The van der Waals surface area contributed by atoms with Crippen molar-refractivity contribution < 1.29 is 9.52 Å². The highest BCUT2D eigenvalue weighted by Crippen LogP contribution is 2.37. The molecule has 142 valence electrons. The molecular formula is C22H31NO3. The van der Waals surface area contributed by atoms with Crippen LogP contribution < -0.4 is 10.5 Å². The van der Waals surface area contributed by atoms with Crippen molar-refractivity contribution in [2.45, 2.75) is 65.2 Å². The van der Waals surface area contributed by atoms with E-state index in [1.807, 2.05) is 19.2 Å². The summed E-state index contributed by atoms with van der Waals surface area (Å²) in [4.78, 5) is 14.5. The topological polar surface area (TPSA) is 53.7 Å². The van der Waals surface area contributed by atoms with E-state index in [2.05, 4.69) is 18.7 Å². The highest BCUT2D eigenvalue weighted by atomic mass is 16.4. The minimum atomic E-state index is -0.238. The summed E-state index contributed by atoms with van der Waals surface area (Å²) in [6.45, 7) is 5.35. The van der Waals surface area contributed by atoms with Crippen LogP contribution in [-0.4, -0.2) is 18.7 Å². The van der Waals surface area contributed by atoms with Crippen molar-refractivity contribution in [1.82, 2.24) is 0 Å². The summed E-state index contributed by atoms with van der Waals surface area (Å²) >= 11 is 0. The van der Waals surface area contributed by atoms with Gasteiger partial charge < -0.3 is 14.4 Å². The molecule has 4 nitrogen and oxygen atoms in total. The van der Waals surface area contributed by atoms with E-state index in [4.69, 9.17) is 4.42 Å². The van der Waals surface area contributed by atoms with E-state index >= 15 is 0 Å². The molecule has 0 saturated carbocycles. The van der Waals surface area contributed by atoms with E-state index in [0.717, 1.165) is 54.4 Å². The first-order chi connectivity index (χ1) is 12.5. The first-order valence-corrected chi connectivity index (χ1v) is 10.0. The van der Waals surface area contributed by atoms with Gasteiger partial charge in [0.1, 0.15) is 11.3 Å². The molecule has 1 unspecified atom stereocenters. The second-order valence-electron chi connectivity index (χ2n) is 7.87. The number of hydrogen-bond acceptors (Lipinski definition) is 4. The van der Waals surface area contributed by atoms with Crippen molar-refractivity contribution in [3.8, 4) is 5.75 Å². The van der Waals surface area contributed by atoms with Gasteiger partial charge in [-0.3, -0.25) is 0 Å². The number of benzene rings is 1. The standard InChI is InChI=1S/C22H31NO3/c1-4-5-6-7-8-11-23(3)16-13-19(24)21-18-12-15(2)9-10-17(18)22(25)26-20(21)14-16/h13-15,24H,4-12H2,1-3H3. The minimum Gasteiger partial charge on any atom is -0.507 e. The van der Waals surface area contributed by atoms with Crippen LogP contribution >= 0.6 is 0 Å². The molecule has 0 aliphatic heterocycles. The summed E-state index contributed by atoms with van der Waals surface area (Å²) in [5.41, 5.74) is 2.91. The number of rotatable bonds is 7. The van der Waals surface area contributed by atoms with Gasteiger partial charge in [-0.05, 0) is 37.2 Å². The lowest BCUT2D eigenvalue weighted by Crippen LogP contribution is -2.21. The maximum Gasteiger partial charge on any atom is 0.339 e. The van der Waals surface area contributed by atoms with Crippen molar-refractivity contribution >= 4 is 16.7 Å². The third-order valence-corrected chi connectivity index (χ3v) is 5.66. The molecule has 2 aromatic rings. The van der Waals surface area contributed by atoms with Crippen molar-refractivity contribution in [3.05, 3.63) is 33.7 Å². The number of aromatic hydroxyl groups is 1. The van der Waals surface area contributed by atoms with Gasteiger partial charge in [-0.1, -0.05) is 39.5 Å². The van der Waals surface area contributed by atoms with Gasteiger partial charge in [0.05, 0.1) is 5.39 Å². The van der Waals surface area contributed by atoms with Crippen LogP contribution in [0, 0.1) is 5.92 Å². The Labute approximate surface area is 155 Å². The van der Waals surface area contributed by atoms with E-state index < -0.39 is 0 Å². The number of anilines is 1. The Balaban J connectivity index is 1.87. The first kappa shape index (κ1) is 18.8. The monoisotopic (exact) mass is 357 g/mol. The van der Waals surface area contributed by atoms with E-state index in [1.165, 1.54) is 25.7 Å². The molecule has 0 amide bonds. The lowest BCUT2D eigenvalue weighted by molar-refractivity contribution is 0.461. The SMILES string of the molecule is CCCCCCCN(C)c1cc(O)c2c3c(c(=O)oc2c1)CCC(C)C3. The van der Waals surface area contributed by atoms with Crippen LogP contribution in [0.15, 0.2) is 21.3 Å². The van der Waals surface area contributed by atoms with Crippen LogP contribution in [0.5, 0.6) is 5.75 Å². The van der Waals surface area contributed by atoms with Gasteiger partial charge >= 0.3 is 5.63 Å². The zero-order valence-corrected chi connectivity index (χ0v) is 16.3. The summed E-state index contributed by atoms with van der Waals surface area (Å²) < 4.78 is 5.58. The van der Waals surface area contributed by atoms with E-state index in [1.54, 1.807) is 0 Å². The third-order valence-electron chi connectivity index (χ3n) is 5.66. The van der Waals surface area contributed by atoms with Crippen LogP contribution in [0.1, 0.15) is 63.5 Å². The van der Waals surface area contributed by atoms with Gasteiger partial charge in [0.15, 0.2) is 0 Å². The van der Waals surface area contributed by atoms with Crippen LogP contribution in [0.4, 0.5) is 5.69 Å². The molecule has 0 radical (unpaired) electrons. The number of hydrogen-bond donors (Lipinski definition) is 1. The number of unbranched alkanes of at least 4 members (excludes halogenated alkanes) is 4. The highest BCUT2D eigenvalue weighted by molar-refractivity contribution is 5.90. The molecule has 0 bridgehead atoms. The largest absolute Gasteiger partial charge is 0.507 e. The van der Waals surface area contributed by atoms with Crippen molar-refractivity contribution in [2.24, 2.45) is 5.92 Å². The molecular weight excluding hydrogens is 326 g/mol. The van der Waals surface area contributed by atoms with Gasteiger partial charge in [0.25, 0.3) is 0 Å². The molecule has 26 heavy (non-hydrogen) atoms. The lowest BCUT2D eigenvalue weighted by Gasteiger charge is -2.24. The normalized spacial score (nSPS) is 16.7. The van der Waals surface area contributed by atoms with E-state index in [9.17, 15) is 9.90 Å². The van der Waals surface area contributed by atoms with Crippen LogP contribution in [0.2, 0.25) is 0 Å². The maximum atomic E-state index is 12.4. The maximum absolute atomic E-state index is 12.4. The van der Waals surface area contributed by atoms with Crippen molar-refractivity contribution in [3.63, 3.8) is 0 Å². The smallest absolute Gasteiger partial charge is 0.339 e. The highest BCUT2D eigenvalue weighted by Gasteiger charge is 2.24. The van der Waals surface area contributed by atoms with Gasteiger partial charge in [0.2, 0.25) is 0 Å². The van der Waals surface area contributed by atoms with Crippen molar-refractivity contribution in [1.29, 1.82) is 0 Å². The van der Waals surface area contributed by atoms with E-state index in [-0.39, 0.29) is 11.4 Å². The second kappa shape index (κ2) is 8.15. The number of phenols is 1. The van der Waals surface area contributed by atoms with Crippen LogP contribution in [-0.2, 0) is 12.8 Å². The third kappa shape index (κ3) is 3.89. The summed E-state index contributed by atoms with van der Waals surface area (Å²) in [6, 6.07) is 3.72. The Morgan fingerprint density at radius 2 is 1.96 bits per heavy atom. The fourth-order valence-corrected chi connectivity index (χ4v) is 4.03. The van der Waals surface area contributed by atoms with E-state index in [0.29, 0.717) is 11.5 Å². The molecule has 1 aliphatic carbocycles. The Morgan fingerprint density at radius 1 is 1.19 bits per heavy atom. The average molecular weight is 357 g/mol.